The third-order valence-corrected chi connectivity index (χ3v) is 7.38. The molecule has 5 nitrogen and oxygen atoms in total. The summed E-state index contributed by atoms with van der Waals surface area (Å²) in [6.07, 6.45) is 1.77. The van der Waals surface area contributed by atoms with Crippen molar-refractivity contribution >= 4 is 39.4 Å². The van der Waals surface area contributed by atoms with Crippen LogP contribution in [0.2, 0.25) is 0 Å². The topological polar surface area (TPSA) is 67.8 Å². The van der Waals surface area contributed by atoms with Crippen LogP contribution in [0.1, 0.15) is 21.2 Å². The van der Waals surface area contributed by atoms with Gasteiger partial charge in [-0.05, 0) is 35.9 Å². The third kappa shape index (κ3) is 3.91. The minimum Gasteiger partial charge on any atom is -0.360 e. The van der Waals surface area contributed by atoms with E-state index in [1.807, 2.05) is 103 Å². The van der Waals surface area contributed by atoms with E-state index in [0.717, 1.165) is 16.5 Å². The number of aromatic amines is 1. The number of fused-ring (bicyclic) bond motifs is 2. The molecule has 0 saturated carbocycles. The first-order valence-electron chi connectivity index (χ1n) is 11.6. The predicted molar refractivity (Wildman–Crippen MR) is 145 cm³/mol. The lowest BCUT2D eigenvalue weighted by Crippen LogP contribution is -2.22. The molecule has 6 rings (SSSR count). The lowest BCUT2D eigenvalue weighted by Gasteiger charge is -2.19. The van der Waals surface area contributed by atoms with Crippen molar-refractivity contribution in [3.8, 4) is 5.69 Å². The number of hydrogen-bond acceptors (Lipinski definition) is 4. The first kappa shape index (κ1) is 22.1. The second-order valence-electron chi connectivity index (χ2n) is 8.41. The van der Waals surface area contributed by atoms with Crippen molar-refractivity contribution in [2.24, 2.45) is 0 Å². The van der Waals surface area contributed by atoms with Gasteiger partial charge in [-0.1, -0.05) is 90.6 Å². The summed E-state index contributed by atoms with van der Waals surface area (Å²) in [7, 11) is 0. The number of nitrogens with one attached hydrogen (secondary N) is 1. The molecule has 4 aromatic carbocycles. The van der Waals surface area contributed by atoms with Gasteiger partial charge in [-0.25, -0.2) is 4.98 Å². The number of carbonyl (C=O) groups is 1. The van der Waals surface area contributed by atoms with Gasteiger partial charge in [0.25, 0.3) is 5.56 Å². The van der Waals surface area contributed by atoms with Crippen LogP contribution < -0.4 is 5.56 Å². The monoisotopic (exact) mass is 487 g/mol. The van der Waals surface area contributed by atoms with Crippen molar-refractivity contribution in [2.45, 2.75) is 10.4 Å². The van der Waals surface area contributed by atoms with Crippen molar-refractivity contribution in [2.75, 3.05) is 0 Å². The molecule has 0 aliphatic carbocycles. The molecule has 0 radical (unpaired) electrons. The van der Waals surface area contributed by atoms with Crippen LogP contribution in [-0.2, 0) is 0 Å². The van der Waals surface area contributed by atoms with Crippen LogP contribution in [0, 0.1) is 0 Å². The molecule has 0 aliphatic rings. The Morgan fingerprint density at radius 1 is 0.778 bits per heavy atom. The highest BCUT2D eigenvalue weighted by Gasteiger charge is 2.28. The zero-order chi connectivity index (χ0) is 24.5. The van der Waals surface area contributed by atoms with E-state index in [1.165, 1.54) is 11.8 Å². The number of nitrogens with zero attached hydrogens (tertiary/aromatic N) is 2. The van der Waals surface area contributed by atoms with Crippen LogP contribution in [0.3, 0.4) is 0 Å². The molecule has 0 saturated heterocycles. The largest absolute Gasteiger partial charge is 0.360 e. The predicted octanol–water partition coefficient (Wildman–Crippen LogP) is 6.58. The first-order valence-corrected chi connectivity index (χ1v) is 12.5. The summed E-state index contributed by atoms with van der Waals surface area (Å²) >= 11 is 1.30. The molecule has 0 spiro atoms. The number of thioether (sulfide) groups is 1. The average Bonchev–Trinajstić information content (AvgIpc) is 3.37. The summed E-state index contributed by atoms with van der Waals surface area (Å²) in [6.45, 7) is 0. The minimum absolute atomic E-state index is 0.0503. The van der Waals surface area contributed by atoms with E-state index in [1.54, 1.807) is 16.8 Å². The smallest absolute Gasteiger partial charge is 0.266 e. The number of ketones is 1. The molecule has 2 heterocycles. The highest BCUT2D eigenvalue weighted by atomic mass is 32.2. The molecule has 0 fully saturated rings. The van der Waals surface area contributed by atoms with E-state index in [-0.39, 0.29) is 11.3 Å². The Labute approximate surface area is 211 Å². The number of benzene rings is 4. The Kier molecular flexibility index (Phi) is 5.71. The number of para-hydroxylation sites is 3. The summed E-state index contributed by atoms with van der Waals surface area (Å²) in [5, 5.41) is 1.27. The van der Waals surface area contributed by atoms with Gasteiger partial charge in [0.15, 0.2) is 10.9 Å². The maximum atomic E-state index is 14.1. The van der Waals surface area contributed by atoms with E-state index >= 15 is 0 Å². The van der Waals surface area contributed by atoms with Gasteiger partial charge in [-0.2, -0.15) is 0 Å². The van der Waals surface area contributed by atoms with E-state index in [9.17, 15) is 9.59 Å². The molecule has 1 atom stereocenters. The van der Waals surface area contributed by atoms with E-state index < -0.39 is 5.25 Å². The first-order chi connectivity index (χ1) is 17.7. The Morgan fingerprint density at radius 3 is 2.19 bits per heavy atom. The second-order valence-corrected chi connectivity index (χ2v) is 9.48. The Morgan fingerprint density at radius 2 is 1.42 bits per heavy atom. The van der Waals surface area contributed by atoms with Gasteiger partial charge in [0.05, 0.1) is 16.6 Å². The molecule has 0 bridgehead atoms. The van der Waals surface area contributed by atoms with Gasteiger partial charge in [-0.15, -0.1) is 0 Å². The molecular weight excluding hydrogens is 466 g/mol. The second kappa shape index (κ2) is 9.32. The molecule has 36 heavy (non-hydrogen) atoms. The third-order valence-electron chi connectivity index (χ3n) is 6.18. The molecule has 6 aromatic rings. The summed E-state index contributed by atoms with van der Waals surface area (Å²) in [5.41, 5.74) is 3.50. The molecule has 2 aromatic heterocycles. The number of hydrogen-bond donors (Lipinski definition) is 1. The van der Waals surface area contributed by atoms with E-state index in [0.29, 0.717) is 27.3 Å². The summed E-state index contributed by atoms with van der Waals surface area (Å²) in [5.74, 6) is -0.0503. The minimum atomic E-state index is -0.603. The maximum absolute atomic E-state index is 14.1. The normalized spacial score (nSPS) is 12.1. The van der Waals surface area contributed by atoms with E-state index in [4.69, 9.17) is 4.98 Å². The maximum Gasteiger partial charge on any atom is 0.266 e. The van der Waals surface area contributed by atoms with Crippen LogP contribution in [-0.4, -0.2) is 20.3 Å². The fourth-order valence-electron chi connectivity index (χ4n) is 4.42. The number of rotatable bonds is 6. The van der Waals surface area contributed by atoms with Gasteiger partial charge >= 0.3 is 0 Å². The van der Waals surface area contributed by atoms with Crippen LogP contribution in [0.25, 0.3) is 27.5 Å². The molecule has 174 valence electrons. The van der Waals surface area contributed by atoms with Crippen molar-refractivity contribution in [3.05, 3.63) is 137 Å². The summed E-state index contributed by atoms with van der Waals surface area (Å²) in [4.78, 5) is 35.8. The standard InChI is InChI=1S/C30H21N3O2S/c34-27(24-19-31-25-17-9-7-15-22(24)25)28(20-11-3-1-4-12-20)36-30-32-26-18-10-8-16-23(26)29(35)33(30)21-13-5-2-6-14-21/h1-19,28,31H. The number of aromatic nitrogens is 3. The molecule has 1 unspecified atom stereocenters. The van der Waals surface area contributed by atoms with Gasteiger partial charge in [0, 0.05) is 22.7 Å². The average molecular weight is 488 g/mol. The fraction of sp³-hybridized carbons (Fsp3) is 0.0333. The Hall–Kier alpha value is -4.42. The lowest BCUT2D eigenvalue weighted by molar-refractivity contribution is 0.0991. The van der Waals surface area contributed by atoms with Crippen LogP contribution in [0.15, 0.2) is 125 Å². The Balaban J connectivity index is 1.54. The molecule has 6 heteroatoms. The summed E-state index contributed by atoms with van der Waals surface area (Å²) in [6, 6.07) is 34.1. The van der Waals surface area contributed by atoms with Crippen molar-refractivity contribution < 1.29 is 4.79 Å². The molecule has 0 aliphatic heterocycles. The van der Waals surface area contributed by atoms with Crippen LogP contribution in [0.5, 0.6) is 0 Å². The van der Waals surface area contributed by atoms with Gasteiger partial charge < -0.3 is 4.98 Å². The van der Waals surface area contributed by atoms with Crippen LogP contribution in [0.4, 0.5) is 0 Å². The molecule has 1 N–H and O–H groups in total. The fourth-order valence-corrected chi connectivity index (χ4v) is 5.60. The van der Waals surface area contributed by atoms with Gasteiger partial charge in [-0.3, -0.25) is 14.2 Å². The Bertz CT molecular complexity index is 1760. The number of Topliss-reactive ketones (excluding diaryl/α,β-unsaturated/α-hetero) is 1. The SMILES string of the molecule is O=C(c1c[nH]c2ccccc12)C(Sc1nc2ccccc2c(=O)n1-c1ccccc1)c1ccccc1. The zero-order valence-corrected chi connectivity index (χ0v) is 20.0. The molecular formula is C30H21N3O2S. The lowest BCUT2D eigenvalue weighted by atomic mass is 10.0. The van der Waals surface area contributed by atoms with E-state index in [2.05, 4.69) is 4.98 Å². The van der Waals surface area contributed by atoms with Crippen LogP contribution >= 0.6 is 11.8 Å². The highest BCUT2D eigenvalue weighted by molar-refractivity contribution is 8.00. The highest BCUT2D eigenvalue weighted by Crippen LogP contribution is 2.39. The zero-order valence-electron chi connectivity index (χ0n) is 19.2. The summed E-state index contributed by atoms with van der Waals surface area (Å²) < 4.78 is 1.60. The van der Waals surface area contributed by atoms with Gasteiger partial charge in [0.1, 0.15) is 5.25 Å². The van der Waals surface area contributed by atoms with Crippen molar-refractivity contribution in [1.29, 1.82) is 0 Å². The number of H-pyrrole nitrogens is 1. The van der Waals surface area contributed by atoms with Crippen molar-refractivity contribution in [3.63, 3.8) is 0 Å². The quantitative estimate of drug-likeness (QED) is 0.164. The molecule has 0 amide bonds. The van der Waals surface area contributed by atoms with Gasteiger partial charge in [0.2, 0.25) is 0 Å². The number of carbonyl (C=O) groups excluding carboxylic acids is 1. The van der Waals surface area contributed by atoms with Crippen molar-refractivity contribution in [1.82, 2.24) is 14.5 Å².